The number of methoxy groups -OCH3 is 2. The van der Waals surface area contributed by atoms with Gasteiger partial charge in [0, 0.05) is 5.56 Å². The van der Waals surface area contributed by atoms with E-state index in [-0.39, 0.29) is 18.2 Å². The molecule has 0 bridgehead atoms. The van der Waals surface area contributed by atoms with Gasteiger partial charge in [0.1, 0.15) is 5.04 Å². The van der Waals surface area contributed by atoms with Gasteiger partial charge < -0.3 is 18.9 Å². The highest BCUT2D eigenvalue weighted by atomic mass is 32.2. The molecule has 0 spiro atoms. The largest absolute Gasteiger partial charge is 0.493 e. The van der Waals surface area contributed by atoms with Crippen LogP contribution in [0.3, 0.4) is 0 Å². The van der Waals surface area contributed by atoms with Crippen molar-refractivity contribution in [2.24, 2.45) is 10.1 Å². The second kappa shape index (κ2) is 7.47. The first-order valence-electron chi connectivity index (χ1n) is 9.19. The molecule has 5 rings (SSSR count). The normalized spacial score (nSPS) is 18.1. The van der Waals surface area contributed by atoms with E-state index in [0.717, 1.165) is 5.56 Å². The maximum Gasteiger partial charge on any atom is 0.283 e. The predicted octanol–water partition coefficient (Wildman–Crippen LogP) is 3.10. The van der Waals surface area contributed by atoms with E-state index in [1.807, 2.05) is 12.1 Å². The van der Waals surface area contributed by atoms with Gasteiger partial charge in [0.15, 0.2) is 28.8 Å². The van der Waals surface area contributed by atoms with Gasteiger partial charge >= 0.3 is 0 Å². The molecule has 3 heterocycles. The zero-order chi connectivity index (χ0) is 21.5. The first-order valence-corrected chi connectivity index (χ1v) is 10.0. The molecule has 0 unspecified atom stereocenters. The topological polar surface area (TPSA) is 106 Å². The summed E-state index contributed by atoms with van der Waals surface area (Å²) in [5.74, 6) is 1.85. The highest BCUT2D eigenvalue weighted by molar-refractivity contribution is 8.27. The van der Waals surface area contributed by atoms with Crippen molar-refractivity contribution in [1.29, 1.82) is 5.41 Å². The van der Waals surface area contributed by atoms with Crippen molar-refractivity contribution in [2.75, 3.05) is 21.0 Å². The van der Waals surface area contributed by atoms with E-state index in [9.17, 15) is 4.79 Å². The van der Waals surface area contributed by atoms with Crippen LogP contribution in [0.25, 0.3) is 6.08 Å². The molecule has 0 aromatic heterocycles. The molecule has 0 saturated heterocycles. The van der Waals surface area contributed by atoms with Gasteiger partial charge in [-0.25, -0.2) is 0 Å². The monoisotopic (exact) mass is 436 g/mol. The molecule has 3 aliphatic rings. The van der Waals surface area contributed by atoms with Crippen molar-refractivity contribution in [3.8, 4) is 23.0 Å². The SMILES string of the molecule is COc1ccc(C=C2C(=N)N3N=C(c4ccc5c(c4)OCO5)SC3=NC2=O)cc1OC. The Bertz CT molecular complexity index is 1220. The van der Waals surface area contributed by atoms with Crippen LogP contribution in [0.2, 0.25) is 0 Å². The van der Waals surface area contributed by atoms with E-state index in [4.69, 9.17) is 24.4 Å². The number of hydrogen-bond acceptors (Lipinski definition) is 8. The molecule has 10 heteroatoms. The number of nitrogens with one attached hydrogen (secondary N) is 1. The number of carbonyl (C=O) groups excluding carboxylic acids is 1. The second-order valence-corrected chi connectivity index (χ2v) is 7.56. The lowest BCUT2D eigenvalue weighted by Gasteiger charge is -2.20. The van der Waals surface area contributed by atoms with E-state index < -0.39 is 5.91 Å². The van der Waals surface area contributed by atoms with Crippen LogP contribution in [0.15, 0.2) is 52.1 Å². The third kappa shape index (κ3) is 3.30. The van der Waals surface area contributed by atoms with Gasteiger partial charge in [0.05, 0.1) is 19.8 Å². The minimum absolute atomic E-state index is 0.0481. The van der Waals surface area contributed by atoms with E-state index in [2.05, 4.69) is 10.1 Å². The maximum atomic E-state index is 12.6. The van der Waals surface area contributed by atoms with Crippen molar-refractivity contribution in [2.45, 2.75) is 0 Å². The number of aliphatic imine (C=N–C) groups is 1. The maximum absolute atomic E-state index is 12.6. The number of nitrogens with zero attached hydrogens (tertiary/aromatic N) is 3. The van der Waals surface area contributed by atoms with Crippen LogP contribution in [0.1, 0.15) is 11.1 Å². The molecule has 0 radical (unpaired) electrons. The molecular formula is C21H16N4O5S. The first-order chi connectivity index (χ1) is 15.1. The number of amidine groups is 2. The van der Waals surface area contributed by atoms with Crippen LogP contribution < -0.4 is 18.9 Å². The minimum Gasteiger partial charge on any atom is -0.493 e. The van der Waals surface area contributed by atoms with Crippen LogP contribution >= 0.6 is 11.8 Å². The molecule has 1 amide bonds. The Kier molecular flexibility index (Phi) is 4.63. The first kappa shape index (κ1) is 19.2. The Balaban J connectivity index is 1.46. The molecule has 0 fully saturated rings. The summed E-state index contributed by atoms with van der Waals surface area (Å²) in [6, 6.07) is 10.7. The average molecular weight is 436 g/mol. The molecule has 0 atom stereocenters. The molecule has 9 nitrogen and oxygen atoms in total. The van der Waals surface area contributed by atoms with Crippen molar-refractivity contribution in [3.05, 3.63) is 53.1 Å². The lowest BCUT2D eigenvalue weighted by Crippen LogP contribution is -2.35. The summed E-state index contributed by atoms with van der Waals surface area (Å²) in [4.78, 5) is 16.8. The highest BCUT2D eigenvalue weighted by Gasteiger charge is 2.36. The third-order valence-electron chi connectivity index (χ3n) is 4.79. The molecule has 0 aliphatic carbocycles. The van der Waals surface area contributed by atoms with Gasteiger partial charge in [0.2, 0.25) is 12.0 Å². The summed E-state index contributed by atoms with van der Waals surface area (Å²) < 4.78 is 21.3. The van der Waals surface area contributed by atoms with Crippen molar-refractivity contribution in [1.82, 2.24) is 5.01 Å². The van der Waals surface area contributed by atoms with E-state index in [1.54, 1.807) is 37.5 Å². The van der Waals surface area contributed by atoms with Crippen LogP contribution in [0.5, 0.6) is 23.0 Å². The van der Waals surface area contributed by atoms with Crippen LogP contribution in [0, 0.1) is 5.41 Å². The summed E-state index contributed by atoms with van der Waals surface area (Å²) in [7, 11) is 3.08. The Morgan fingerprint density at radius 1 is 1.10 bits per heavy atom. The fourth-order valence-corrected chi connectivity index (χ4v) is 4.13. The second-order valence-electron chi connectivity index (χ2n) is 6.61. The van der Waals surface area contributed by atoms with Gasteiger partial charge in [0.25, 0.3) is 5.91 Å². The zero-order valence-corrected chi connectivity index (χ0v) is 17.4. The number of hydrogen-bond donors (Lipinski definition) is 1. The van der Waals surface area contributed by atoms with E-state index >= 15 is 0 Å². The van der Waals surface area contributed by atoms with Crippen molar-refractivity contribution < 1.29 is 23.7 Å². The van der Waals surface area contributed by atoms with Gasteiger partial charge in [-0.2, -0.15) is 15.1 Å². The number of thioether (sulfide) groups is 1. The molecule has 1 N–H and O–H groups in total. The highest BCUT2D eigenvalue weighted by Crippen LogP contribution is 2.37. The number of ether oxygens (including phenoxy) is 4. The Morgan fingerprint density at radius 3 is 2.71 bits per heavy atom. The van der Waals surface area contributed by atoms with Crippen molar-refractivity contribution >= 4 is 39.8 Å². The lowest BCUT2D eigenvalue weighted by atomic mass is 10.1. The van der Waals surface area contributed by atoms with Gasteiger partial charge in [-0.15, -0.1) is 0 Å². The summed E-state index contributed by atoms with van der Waals surface area (Å²) >= 11 is 1.22. The van der Waals surface area contributed by atoms with Gasteiger partial charge in [-0.3, -0.25) is 10.2 Å². The third-order valence-corrected chi connectivity index (χ3v) is 5.75. The van der Waals surface area contributed by atoms with Gasteiger partial charge in [-0.1, -0.05) is 6.07 Å². The van der Waals surface area contributed by atoms with Crippen LogP contribution in [0.4, 0.5) is 0 Å². The summed E-state index contributed by atoms with van der Waals surface area (Å²) in [5.41, 5.74) is 1.60. The number of amides is 1. The average Bonchev–Trinajstić information content (AvgIpc) is 3.42. The molecular weight excluding hydrogens is 420 g/mol. The number of rotatable bonds is 4. The number of fused-ring (bicyclic) bond motifs is 2. The molecule has 156 valence electrons. The lowest BCUT2D eigenvalue weighted by molar-refractivity contribution is -0.114. The fourth-order valence-electron chi connectivity index (χ4n) is 3.25. The number of hydrazone groups is 1. The molecule has 0 saturated carbocycles. The quantitative estimate of drug-likeness (QED) is 0.734. The Labute approximate surface area is 181 Å². The summed E-state index contributed by atoms with van der Waals surface area (Å²) in [5, 5.41) is 15.4. The number of carbonyl (C=O) groups is 1. The summed E-state index contributed by atoms with van der Waals surface area (Å²) in [6.07, 6.45) is 1.59. The Morgan fingerprint density at radius 2 is 1.90 bits per heavy atom. The molecule has 3 aliphatic heterocycles. The van der Waals surface area contributed by atoms with Crippen molar-refractivity contribution in [3.63, 3.8) is 0 Å². The van der Waals surface area contributed by atoms with Crippen LogP contribution in [-0.4, -0.2) is 48.0 Å². The number of benzene rings is 2. The van der Waals surface area contributed by atoms with Crippen LogP contribution in [-0.2, 0) is 4.79 Å². The Hall–Kier alpha value is -3.79. The zero-order valence-electron chi connectivity index (χ0n) is 16.5. The molecule has 2 aromatic carbocycles. The molecule has 2 aromatic rings. The minimum atomic E-state index is -0.499. The van der Waals surface area contributed by atoms with E-state index in [0.29, 0.717) is 38.8 Å². The standard InChI is InChI=1S/C21H16N4O5S/c1-27-14-5-3-11(8-16(14)28-2)7-13-18(22)25-21(23-19(13)26)31-20(24-25)12-4-6-15-17(9-12)30-10-29-15/h3-9,22H,10H2,1-2H3. The summed E-state index contributed by atoms with van der Waals surface area (Å²) in [6.45, 7) is 0.181. The predicted molar refractivity (Wildman–Crippen MR) is 116 cm³/mol. The molecule has 31 heavy (non-hydrogen) atoms. The van der Waals surface area contributed by atoms with E-state index in [1.165, 1.54) is 23.9 Å². The smallest absolute Gasteiger partial charge is 0.283 e. The van der Waals surface area contributed by atoms with Gasteiger partial charge in [-0.05, 0) is 53.7 Å². The fraction of sp³-hybridized carbons (Fsp3) is 0.143.